The monoisotopic (exact) mass is 648 g/mol. The molecule has 3 atom stereocenters. The SMILES string of the molecule is COc1nc(-c2cccc(-c3cccc(NC(=O)c4ccnn(C)c4=O)c3Cl)c2Cl)cc2c1C(NCC1CCC(=O)N1)C(O)C2. The van der Waals surface area contributed by atoms with Crippen molar-refractivity contribution in [2.24, 2.45) is 7.05 Å². The van der Waals surface area contributed by atoms with Crippen LogP contribution in [0, 0.1) is 0 Å². The maximum Gasteiger partial charge on any atom is 0.279 e. The van der Waals surface area contributed by atoms with Crippen molar-refractivity contribution in [3.8, 4) is 28.3 Å². The Hall–Kier alpha value is -4.29. The Kier molecular flexibility index (Phi) is 8.61. The summed E-state index contributed by atoms with van der Waals surface area (Å²) in [5, 5.41) is 24.5. The van der Waals surface area contributed by atoms with Crippen molar-refractivity contribution < 1.29 is 19.4 Å². The highest BCUT2D eigenvalue weighted by molar-refractivity contribution is 6.39. The molecule has 4 N–H and O–H groups in total. The van der Waals surface area contributed by atoms with E-state index in [2.05, 4.69) is 21.0 Å². The summed E-state index contributed by atoms with van der Waals surface area (Å²) in [7, 11) is 2.99. The van der Waals surface area contributed by atoms with Crippen LogP contribution in [0.4, 0.5) is 5.69 Å². The zero-order valence-corrected chi connectivity index (χ0v) is 25.9. The van der Waals surface area contributed by atoms with Crippen molar-refractivity contribution in [1.29, 1.82) is 0 Å². The van der Waals surface area contributed by atoms with E-state index in [4.69, 9.17) is 32.9 Å². The van der Waals surface area contributed by atoms with Crippen molar-refractivity contribution in [1.82, 2.24) is 25.4 Å². The van der Waals surface area contributed by atoms with Crippen LogP contribution in [0.25, 0.3) is 22.4 Å². The second-order valence-corrected chi connectivity index (χ2v) is 11.8. The second-order valence-electron chi connectivity index (χ2n) is 11.0. The molecular weight excluding hydrogens is 619 g/mol. The number of methoxy groups -OCH3 is 1. The van der Waals surface area contributed by atoms with Gasteiger partial charge in [-0.15, -0.1) is 0 Å². The fraction of sp³-hybridized carbons (Fsp3) is 0.281. The van der Waals surface area contributed by atoms with E-state index in [9.17, 15) is 19.5 Å². The predicted molar refractivity (Wildman–Crippen MR) is 171 cm³/mol. The van der Waals surface area contributed by atoms with E-state index in [1.165, 1.54) is 26.4 Å². The number of pyridine rings is 1. The van der Waals surface area contributed by atoms with Crippen LogP contribution in [0.15, 0.2) is 59.5 Å². The number of anilines is 1. The number of carbonyl (C=O) groups excluding carboxylic acids is 2. The van der Waals surface area contributed by atoms with E-state index in [1.54, 1.807) is 18.2 Å². The van der Waals surface area contributed by atoms with E-state index in [0.717, 1.165) is 22.2 Å². The minimum absolute atomic E-state index is 0.00941. The molecular formula is C32H30Cl2N6O5. The number of rotatable bonds is 8. The Balaban J connectivity index is 1.30. The summed E-state index contributed by atoms with van der Waals surface area (Å²) in [5.41, 5.74) is 3.71. The highest BCUT2D eigenvalue weighted by atomic mass is 35.5. The molecule has 232 valence electrons. The van der Waals surface area contributed by atoms with E-state index >= 15 is 0 Å². The summed E-state index contributed by atoms with van der Waals surface area (Å²) in [4.78, 5) is 41.7. The molecule has 11 nitrogen and oxygen atoms in total. The van der Waals surface area contributed by atoms with Gasteiger partial charge in [0.2, 0.25) is 11.8 Å². The van der Waals surface area contributed by atoms with Gasteiger partial charge in [-0.1, -0.05) is 53.5 Å². The van der Waals surface area contributed by atoms with E-state index in [1.807, 2.05) is 24.3 Å². The zero-order valence-electron chi connectivity index (χ0n) is 24.4. The zero-order chi connectivity index (χ0) is 31.8. The molecule has 0 bridgehead atoms. The van der Waals surface area contributed by atoms with Crippen LogP contribution in [0.5, 0.6) is 5.88 Å². The highest BCUT2D eigenvalue weighted by Crippen LogP contribution is 2.44. The third kappa shape index (κ3) is 5.91. The fourth-order valence-corrected chi connectivity index (χ4v) is 6.49. The van der Waals surface area contributed by atoms with Gasteiger partial charge in [-0.3, -0.25) is 14.4 Å². The number of carbonyl (C=O) groups is 2. The third-order valence-corrected chi connectivity index (χ3v) is 8.97. The van der Waals surface area contributed by atoms with Crippen LogP contribution >= 0.6 is 23.2 Å². The van der Waals surface area contributed by atoms with Gasteiger partial charge in [0, 0.05) is 60.9 Å². The molecule has 0 saturated carbocycles. The first-order valence-electron chi connectivity index (χ1n) is 14.4. The summed E-state index contributed by atoms with van der Waals surface area (Å²) >= 11 is 13.8. The summed E-state index contributed by atoms with van der Waals surface area (Å²) < 4.78 is 6.78. The molecule has 6 rings (SSSR count). The molecule has 1 saturated heterocycles. The number of nitrogens with zero attached hydrogens (tertiary/aromatic N) is 3. The first-order chi connectivity index (χ1) is 21.7. The van der Waals surface area contributed by atoms with Gasteiger partial charge in [0.05, 0.1) is 40.7 Å². The quantitative estimate of drug-likeness (QED) is 0.225. The average molecular weight is 650 g/mol. The van der Waals surface area contributed by atoms with Gasteiger partial charge < -0.3 is 25.8 Å². The molecule has 3 heterocycles. The van der Waals surface area contributed by atoms with Crippen LogP contribution in [0.3, 0.4) is 0 Å². The first kappa shape index (κ1) is 30.7. The average Bonchev–Trinajstić information content (AvgIpc) is 3.59. The number of fused-ring (bicyclic) bond motifs is 1. The van der Waals surface area contributed by atoms with Gasteiger partial charge in [0.25, 0.3) is 11.5 Å². The maximum atomic E-state index is 12.9. The third-order valence-electron chi connectivity index (χ3n) is 8.16. The van der Waals surface area contributed by atoms with Gasteiger partial charge in [-0.2, -0.15) is 5.10 Å². The van der Waals surface area contributed by atoms with Crippen molar-refractivity contribution in [2.45, 2.75) is 37.5 Å². The van der Waals surface area contributed by atoms with E-state index in [0.29, 0.717) is 58.4 Å². The predicted octanol–water partition coefficient (Wildman–Crippen LogP) is 3.90. The van der Waals surface area contributed by atoms with Gasteiger partial charge in [-0.25, -0.2) is 9.67 Å². The van der Waals surface area contributed by atoms with Crippen molar-refractivity contribution in [3.63, 3.8) is 0 Å². The van der Waals surface area contributed by atoms with Crippen molar-refractivity contribution in [2.75, 3.05) is 19.0 Å². The van der Waals surface area contributed by atoms with Crippen LogP contribution in [0.1, 0.15) is 40.4 Å². The molecule has 3 unspecified atom stereocenters. The number of amides is 2. The topological polar surface area (TPSA) is 147 Å². The number of aliphatic hydroxyl groups is 1. The molecule has 13 heteroatoms. The lowest BCUT2D eigenvalue weighted by Gasteiger charge is -2.22. The molecule has 2 aliphatic rings. The van der Waals surface area contributed by atoms with Gasteiger partial charge in [0.15, 0.2) is 0 Å². The minimum Gasteiger partial charge on any atom is -0.481 e. The lowest BCUT2D eigenvalue weighted by molar-refractivity contribution is -0.119. The number of aryl methyl sites for hydroxylation is 1. The first-order valence-corrected chi connectivity index (χ1v) is 15.1. The molecule has 0 radical (unpaired) electrons. The van der Waals surface area contributed by atoms with Crippen molar-refractivity contribution >= 4 is 40.7 Å². The summed E-state index contributed by atoms with van der Waals surface area (Å²) in [6.45, 7) is 0.519. The smallest absolute Gasteiger partial charge is 0.279 e. The molecule has 2 amide bonds. The molecule has 0 spiro atoms. The van der Waals surface area contributed by atoms with Crippen LogP contribution in [-0.4, -0.2) is 57.5 Å². The molecule has 2 aromatic carbocycles. The van der Waals surface area contributed by atoms with Gasteiger partial charge in [-0.05, 0) is 30.2 Å². The Morgan fingerprint density at radius 3 is 2.58 bits per heavy atom. The highest BCUT2D eigenvalue weighted by Gasteiger charge is 2.36. The molecule has 45 heavy (non-hydrogen) atoms. The van der Waals surface area contributed by atoms with Gasteiger partial charge in [0.1, 0.15) is 5.56 Å². The number of ether oxygens (including phenoxy) is 1. The molecule has 4 aromatic rings. The fourth-order valence-electron chi connectivity index (χ4n) is 5.89. The number of hydrogen-bond donors (Lipinski definition) is 4. The second kappa shape index (κ2) is 12.6. The Morgan fingerprint density at radius 2 is 1.84 bits per heavy atom. The lowest BCUT2D eigenvalue weighted by atomic mass is 9.99. The summed E-state index contributed by atoms with van der Waals surface area (Å²) in [6, 6.07) is 13.5. The Bertz CT molecular complexity index is 1880. The number of nitrogens with one attached hydrogen (secondary N) is 3. The normalized spacial score (nSPS) is 18.9. The Labute approximate surface area is 268 Å². The van der Waals surface area contributed by atoms with Crippen LogP contribution in [-0.2, 0) is 18.3 Å². The number of halogens is 2. The van der Waals surface area contributed by atoms with Crippen LogP contribution in [0.2, 0.25) is 10.0 Å². The molecule has 1 fully saturated rings. The van der Waals surface area contributed by atoms with Crippen molar-refractivity contribution in [3.05, 3.63) is 91.8 Å². The van der Waals surface area contributed by atoms with E-state index in [-0.39, 0.29) is 22.5 Å². The van der Waals surface area contributed by atoms with Gasteiger partial charge >= 0.3 is 0 Å². The Morgan fingerprint density at radius 1 is 1.11 bits per heavy atom. The number of aliphatic hydroxyl groups excluding tert-OH is 1. The summed E-state index contributed by atoms with van der Waals surface area (Å²) in [5.74, 6) is -0.209. The minimum atomic E-state index is -0.700. The number of benzene rings is 2. The lowest BCUT2D eigenvalue weighted by Crippen LogP contribution is -2.39. The summed E-state index contributed by atoms with van der Waals surface area (Å²) in [6.07, 6.45) is 2.31. The standard InChI is InChI=1S/C32H30Cl2N6O5/c1-40-32(44)21(11-12-36-40)30(43)38-22-8-4-6-19(28(22)34)18-5-3-7-20(27(18)33)23-13-16-14-24(41)29(26(16)31(39-23)45-2)35-15-17-9-10-25(42)37-17/h3-8,11-13,17,24,29,35,41H,9-10,14-15H2,1-2H3,(H,37,42)(H,38,43). The number of hydrogen-bond acceptors (Lipinski definition) is 8. The molecule has 2 aromatic heterocycles. The maximum absolute atomic E-state index is 12.9. The number of aromatic nitrogens is 3. The largest absolute Gasteiger partial charge is 0.481 e. The van der Waals surface area contributed by atoms with E-state index < -0.39 is 23.6 Å². The van der Waals surface area contributed by atoms with Crippen LogP contribution < -0.4 is 26.2 Å². The molecule has 1 aliphatic carbocycles. The molecule has 1 aliphatic heterocycles.